The Morgan fingerprint density at radius 3 is 2.71 bits per heavy atom. The van der Waals surface area contributed by atoms with Gasteiger partial charge in [-0.1, -0.05) is 36.4 Å². The van der Waals surface area contributed by atoms with Crippen LogP contribution in [0, 0.1) is 5.82 Å². The smallest absolute Gasteiger partial charge is 0.244 e. The summed E-state index contributed by atoms with van der Waals surface area (Å²) in [6.45, 7) is 0.179. The van der Waals surface area contributed by atoms with Gasteiger partial charge in [0.05, 0.1) is 0 Å². The van der Waals surface area contributed by atoms with Crippen molar-refractivity contribution in [2.45, 2.75) is 6.54 Å². The number of anilines is 1. The molecule has 0 aliphatic rings. The van der Waals surface area contributed by atoms with Crippen molar-refractivity contribution in [1.82, 2.24) is 4.57 Å². The van der Waals surface area contributed by atoms with Gasteiger partial charge in [-0.15, -0.1) is 0 Å². The van der Waals surface area contributed by atoms with E-state index in [0.29, 0.717) is 0 Å². The second-order valence-corrected chi connectivity index (χ2v) is 5.72. The summed E-state index contributed by atoms with van der Waals surface area (Å²) in [5.41, 5.74) is 1.63. The van der Waals surface area contributed by atoms with Gasteiger partial charge in [-0.25, -0.2) is 4.39 Å². The number of carbonyl (C=O) groups excluding carboxylic acids is 1. The van der Waals surface area contributed by atoms with E-state index in [1.54, 1.807) is 12.3 Å². The van der Waals surface area contributed by atoms with Gasteiger partial charge in [0.15, 0.2) is 0 Å². The Morgan fingerprint density at radius 2 is 1.79 bits per heavy atom. The summed E-state index contributed by atoms with van der Waals surface area (Å²) in [4.78, 5) is 12.4. The molecule has 0 aliphatic heterocycles. The Morgan fingerprint density at radius 1 is 0.958 bits per heavy atom. The van der Waals surface area contributed by atoms with Gasteiger partial charge in [-0.3, -0.25) is 4.79 Å². The number of rotatable bonds is 3. The van der Waals surface area contributed by atoms with Crippen molar-refractivity contribution >= 4 is 33.3 Å². The first kappa shape index (κ1) is 14.5. The lowest BCUT2D eigenvalue weighted by Crippen LogP contribution is -2.18. The topological polar surface area (TPSA) is 34.0 Å². The summed E-state index contributed by atoms with van der Waals surface area (Å²) >= 11 is 0. The molecule has 118 valence electrons. The zero-order chi connectivity index (χ0) is 16.5. The van der Waals surface area contributed by atoms with Crippen molar-refractivity contribution < 1.29 is 9.18 Å². The first-order valence-corrected chi connectivity index (χ1v) is 7.73. The van der Waals surface area contributed by atoms with Crippen LogP contribution in [0.1, 0.15) is 0 Å². The summed E-state index contributed by atoms with van der Waals surface area (Å²) in [6.07, 6.45) is 1.80. The van der Waals surface area contributed by atoms with Crippen molar-refractivity contribution in [3.05, 3.63) is 78.7 Å². The summed E-state index contributed by atoms with van der Waals surface area (Å²) in [5, 5.41) is 5.84. The van der Waals surface area contributed by atoms with Crippen LogP contribution in [-0.4, -0.2) is 10.5 Å². The fourth-order valence-electron chi connectivity index (χ4n) is 2.99. The van der Waals surface area contributed by atoms with Gasteiger partial charge in [0, 0.05) is 28.2 Å². The number of carbonyl (C=O) groups is 1. The Balaban J connectivity index is 1.60. The standard InChI is InChI=1S/C20H15FN2O/c21-16-8-9-19-15(12-16)10-11-23(19)13-20(24)22-18-7-3-5-14-4-1-2-6-17(14)18/h1-12H,13H2,(H,22,24). The van der Waals surface area contributed by atoms with E-state index in [4.69, 9.17) is 0 Å². The van der Waals surface area contributed by atoms with E-state index < -0.39 is 0 Å². The van der Waals surface area contributed by atoms with E-state index in [1.807, 2.05) is 53.1 Å². The largest absolute Gasteiger partial charge is 0.338 e. The van der Waals surface area contributed by atoms with Crippen LogP contribution in [0.2, 0.25) is 0 Å². The monoisotopic (exact) mass is 318 g/mol. The van der Waals surface area contributed by atoms with Crippen molar-refractivity contribution in [1.29, 1.82) is 0 Å². The molecule has 0 aliphatic carbocycles. The molecule has 3 aromatic carbocycles. The third kappa shape index (κ3) is 2.63. The van der Waals surface area contributed by atoms with E-state index in [0.717, 1.165) is 27.4 Å². The second-order valence-electron chi connectivity index (χ2n) is 5.72. The number of aromatic nitrogens is 1. The molecule has 1 aromatic heterocycles. The normalized spacial score (nSPS) is 11.0. The third-order valence-corrected chi connectivity index (χ3v) is 4.11. The van der Waals surface area contributed by atoms with Crippen LogP contribution in [0.25, 0.3) is 21.7 Å². The quantitative estimate of drug-likeness (QED) is 0.590. The molecule has 0 bridgehead atoms. The van der Waals surface area contributed by atoms with Crippen LogP contribution < -0.4 is 5.32 Å². The fraction of sp³-hybridized carbons (Fsp3) is 0.0500. The third-order valence-electron chi connectivity index (χ3n) is 4.11. The lowest BCUT2D eigenvalue weighted by molar-refractivity contribution is -0.116. The van der Waals surface area contributed by atoms with Crippen molar-refractivity contribution in [2.75, 3.05) is 5.32 Å². The molecule has 0 fully saturated rings. The number of hydrogen-bond acceptors (Lipinski definition) is 1. The van der Waals surface area contributed by atoms with Crippen LogP contribution in [0.3, 0.4) is 0 Å². The Bertz CT molecular complexity index is 1050. The number of hydrogen-bond donors (Lipinski definition) is 1. The molecule has 4 aromatic rings. The van der Waals surface area contributed by atoms with Gasteiger partial charge < -0.3 is 9.88 Å². The molecule has 0 radical (unpaired) electrons. The highest BCUT2D eigenvalue weighted by Gasteiger charge is 2.09. The van der Waals surface area contributed by atoms with Gasteiger partial charge in [0.2, 0.25) is 5.91 Å². The van der Waals surface area contributed by atoms with Crippen molar-refractivity contribution in [2.24, 2.45) is 0 Å². The van der Waals surface area contributed by atoms with Crippen LogP contribution in [0.15, 0.2) is 72.9 Å². The summed E-state index contributed by atoms with van der Waals surface area (Å²) in [6, 6.07) is 20.1. The minimum atomic E-state index is -0.277. The zero-order valence-corrected chi connectivity index (χ0v) is 12.9. The average Bonchev–Trinajstić information content (AvgIpc) is 2.97. The number of fused-ring (bicyclic) bond motifs is 2. The molecule has 0 saturated carbocycles. The molecule has 3 nitrogen and oxygen atoms in total. The van der Waals surface area contributed by atoms with Gasteiger partial charge in [-0.05, 0) is 35.7 Å². The van der Waals surface area contributed by atoms with E-state index in [2.05, 4.69) is 5.32 Å². The Hall–Kier alpha value is -3.14. The number of halogens is 1. The summed E-state index contributed by atoms with van der Waals surface area (Å²) in [7, 11) is 0. The maximum atomic E-state index is 13.3. The summed E-state index contributed by atoms with van der Waals surface area (Å²) in [5.74, 6) is -0.395. The summed E-state index contributed by atoms with van der Waals surface area (Å²) < 4.78 is 15.1. The van der Waals surface area contributed by atoms with Crippen molar-refractivity contribution in [3.8, 4) is 0 Å². The number of amides is 1. The first-order valence-electron chi connectivity index (χ1n) is 7.73. The van der Waals surface area contributed by atoms with Crippen LogP contribution in [0.5, 0.6) is 0 Å². The molecule has 24 heavy (non-hydrogen) atoms. The molecule has 1 amide bonds. The fourth-order valence-corrected chi connectivity index (χ4v) is 2.99. The predicted octanol–water partition coefficient (Wildman–Crippen LogP) is 4.57. The molecule has 0 spiro atoms. The first-order chi connectivity index (χ1) is 11.7. The van der Waals surface area contributed by atoms with Crippen LogP contribution in [-0.2, 0) is 11.3 Å². The van der Waals surface area contributed by atoms with E-state index in [1.165, 1.54) is 12.1 Å². The maximum absolute atomic E-state index is 13.3. The van der Waals surface area contributed by atoms with E-state index in [-0.39, 0.29) is 18.3 Å². The zero-order valence-electron chi connectivity index (χ0n) is 12.9. The Labute approximate surface area is 138 Å². The van der Waals surface area contributed by atoms with E-state index in [9.17, 15) is 9.18 Å². The van der Waals surface area contributed by atoms with Gasteiger partial charge in [0.25, 0.3) is 0 Å². The SMILES string of the molecule is O=C(Cn1ccc2cc(F)ccc21)Nc1cccc2ccccc12. The minimum absolute atomic E-state index is 0.117. The predicted molar refractivity (Wildman–Crippen MR) is 94.5 cm³/mol. The van der Waals surface area contributed by atoms with Gasteiger partial charge in [0.1, 0.15) is 12.4 Å². The number of nitrogens with zero attached hydrogens (tertiary/aromatic N) is 1. The number of benzene rings is 3. The maximum Gasteiger partial charge on any atom is 0.244 e. The molecule has 4 heteroatoms. The highest BCUT2D eigenvalue weighted by Crippen LogP contribution is 2.23. The number of nitrogens with one attached hydrogen (secondary N) is 1. The Kier molecular flexibility index (Phi) is 3.50. The van der Waals surface area contributed by atoms with Crippen molar-refractivity contribution in [3.63, 3.8) is 0 Å². The molecular formula is C20H15FN2O. The second kappa shape index (κ2) is 5.81. The molecule has 0 saturated heterocycles. The average molecular weight is 318 g/mol. The van der Waals surface area contributed by atoms with Gasteiger partial charge >= 0.3 is 0 Å². The highest BCUT2D eigenvalue weighted by atomic mass is 19.1. The lowest BCUT2D eigenvalue weighted by Gasteiger charge is -2.10. The molecule has 0 atom stereocenters. The van der Waals surface area contributed by atoms with Crippen LogP contribution in [0.4, 0.5) is 10.1 Å². The lowest BCUT2D eigenvalue weighted by atomic mass is 10.1. The molecular weight excluding hydrogens is 303 g/mol. The van der Waals surface area contributed by atoms with E-state index >= 15 is 0 Å². The van der Waals surface area contributed by atoms with Crippen LogP contribution >= 0.6 is 0 Å². The molecule has 1 N–H and O–H groups in total. The van der Waals surface area contributed by atoms with Gasteiger partial charge in [-0.2, -0.15) is 0 Å². The molecule has 4 rings (SSSR count). The highest BCUT2D eigenvalue weighted by molar-refractivity contribution is 6.02. The molecule has 0 unspecified atom stereocenters. The minimum Gasteiger partial charge on any atom is -0.338 e. The molecule has 1 heterocycles.